The van der Waals surface area contributed by atoms with Crippen molar-refractivity contribution in [2.45, 2.75) is 32.2 Å². The second-order valence-corrected chi connectivity index (χ2v) is 5.95. The normalized spacial score (nSPS) is 21.1. The van der Waals surface area contributed by atoms with Crippen molar-refractivity contribution in [1.82, 2.24) is 4.90 Å². The number of nitro benzene ring substituents is 1. The van der Waals surface area contributed by atoms with Gasteiger partial charge in [-0.15, -0.1) is 0 Å². The third kappa shape index (κ3) is 3.51. The molecular weight excluding hydrogens is 270 g/mol. The van der Waals surface area contributed by atoms with Crippen LogP contribution in [0.2, 0.25) is 0 Å². The second-order valence-electron chi connectivity index (χ2n) is 5.95. The molecule has 1 fully saturated rings. The lowest BCUT2D eigenvalue weighted by Crippen LogP contribution is -2.22. The summed E-state index contributed by atoms with van der Waals surface area (Å²) in [5.41, 5.74) is 0.786. The number of amides is 1. The molecule has 2 atom stereocenters. The highest BCUT2D eigenvalue weighted by Gasteiger charge is 2.25. The number of carbonyl (C=O) groups is 1. The first-order valence-electron chi connectivity index (χ1n) is 7.15. The summed E-state index contributed by atoms with van der Waals surface area (Å²) in [6.07, 6.45) is 3.19. The van der Waals surface area contributed by atoms with E-state index in [0.29, 0.717) is 17.2 Å². The third-order valence-electron chi connectivity index (χ3n) is 3.90. The number of anilines is 1. The minimum atomic E-state index is -0.437. The molecule has 6 heteroatoms. The molecule has 0 bridgehead atoms. The number of nitrogens with zero attached hydrogens (tertiary/aromatic N) is 2. The van der Waals surface area contributed by atoms with Gasteiger partial charge in [0, 0.05) is 31.8 Å². The van der Waals surface area contributed by atoms with E-state index in [4.69, 9.17) is 0 Å². The zero-order valence-corrected chi connectivity index (χ0v) is 12.6. The van der Waals surface area contributed by atoms with Gasteiger partial charge in [0.1, 0.15) is 5.69 Å². The van der Waals surface area contributed by atoms with Crippen molar-refractivity contribution >= 4 is 17.3 Å². The smallest absolute Gasteiger partial charge is 0.293 e. The van der Waals surface area contributed by atoms with Crippen LogP contribution in [0, 0.1) is 16.0 Å². The minimum Gasteiger partial charge on any atom is -0.377 e. The van der Waals surface area contributed by atoms with Crippen LogP contribution < -0.4 is 5.32 Å². The van der Waals surface area contributed by atoms with Gasteiger partial charge in [0.15, 0.2) is 0 Å². The van der Waals surface area contributed by atoms with Crippen LogP contribution in [0.15, 0.2) is 18.2 Å². The summed E-state index contributed by atoms with van der Waals surface area (Å²) in [4.78, 5) is 24.1. The van der Waals surface area contributed by atoms with Crippen molar-refractivity contribution in [2.75, 3.05) is 19.4 Å². The summed E-state index contributed by atoms with van der Waals surface area (Å²) in [6.45, 7) is 2.19. The fourth-order valence-electron chi connectivity index (χ4n) is 2.75. The molecule has 0 aliphatic heterocycles. The Bertz CT molecular complexity index is 557. The van der Waals surface area contributed by atoms with Crippen molar-refractivity contribution in [1.29, 1.82) is 0 Å². The van der Waals surface area contributed by atoms with Crippen LogP contribution in [0.3, 0.4) is 0 Å². The van der Waals surface area contributed by atoms with E-state index in [-0.39, 0.29) is 17.6 Å². The Morgan fingerprint density at radius 3 is 2.62 bits per heavy atom. The molecule has 0 aromatic heterocycles. The van der Waals surface area contributed by atoms with Crippen molar-refractivity contribution in [3.8, 4) is 0 Å². The number of rotatable bonds is 4. The van der Waals surface area contributed by atoms with Gasteiger partial charge in [0.05, 0.1) is 4.92 Å². The Hall–Kier alpha value is -2.11. The molecule has 0 saturated heterocycles. The summed E-state index contributed by atoms with van der Waals surface area (Å²) < 4.78 is 0. The van der Waals surface area contributed by atoms with E-state index in [1.165, 1.54) is 11.0 Å². The van der Waals surface area contributed by atoms with Crippen LogP contribution in [0.5, 0.6) is 0 Å². The van der Waals surface area contributed by atoms with Crippen LogP contribution in [0.25, 0.3) is 0 Å². The average Bonchev–Trinajstić information content (AvgIpc) is 2.83. The first-order valence-corrected chi connectivity index (χ1v) is 7.15. The number of nitrogens with one attached hydrogen (secondary N) is 1. The Morgan fingerprint density at radius 2 is 2.10 bits per heavy atom. The van der Waals surface area contributed by atoms with Gasteiger partial charge >= 0.3 is 0 Å². The molecule has 21 heavy (non-hydrogen) atoms. The maximum absolute atomic E-state index is 11.9. The van der Waals surface area contributed by atoms with Crippen LogP contribution in [0.4, 0.5) is 11.4 Å². The molecule has 0 heterocycles. The molecule has 1 aromatic carbocycles. The molecule has 1 saturated carbocycles. The Kier molecular flexibility index (Phi) is 4.45. The Labute approximate surface area is 124 Å². The molecule has 114 valence electrons. The van der Waals surface area contributed by atoms with E-state index in [9.17, 15) is 14.9 Å². The average molecular weight is 291 g/mol. The third-order valence-corrected chi connectivity index (χ3v) is 3.90. The van der Waals surface area contributed by atoms with Gasteiger partial charge in [0.2, 0.25) is 0 Å². The zero-order chi connectivity index (χ0) is 15.6. The second kappa shape index (κ2) is 6.11. The number of hydrogen-bond acceptors (Lipinski definition) is 4. The van der Waals surface area contributed by atoms with E-state index in [1.54, 1.807) is 26.2 Å². The molecular formula is C15H21N3O3. The van der Waals surface area contributed by atoms with E-state index in [0.717, 1.165) is 19.3 Å². The van der Waals surface area contributed by atoms with E-state index >= 15 is 0 Å². The number of hydrogen-bond donors (Lipinski definition) is 1. The first kappa shape index (κ1) is 15.3. The maximum Gasteiger partial charge on any atom is 0.293 e. The Morgan fingerprint density at radius 1 is 1.38 bits per heavy atom. The van der Waals surface area contributed by atoms with Gasteiger partial charge in [-0.1, -0.05) is 6.92 Å². The fourth-order valence-corrected chi connectivity index (χ4v) is 2.75. The largest absolute Gasteiger partial charge is 0.377 e. The highest BCUT2D eigenvalue weighted by Crippen LogP contribution is 2.32. The van der Waals surface area contributed by atoms with E-state index in [2.05, 4.69) is 12.2 Å². The van der Waals surface area contributed by atoms with Crippen LogP contribution in [-0.4, -0.2) is 35.9 Å². The van der Waals surface area contributed by atoms with Crippen LogP contribution in [0.1, 0.15) is 36.5 Å². The molecule has 1 aromatic rings. The minimum absolute atomic E-state index is 0.0396. The highest BCUT2D eigenvalue weighted by molar-refractivity contribution is 5.95. The van der Waals surface area contributed by atoms with Crippen LogP contribution >= 0.6 is 0 Å². The van der Waals surface area contributed by atoms with Gasteiger partial charge < -0.3 is 10.2 Å². The number of nitro groups is 1. The monoisotopic (exact) mass is 291 g/mol. The quantitative estimate of drug-likeness (QED) is 0.683. The topological polar surface area (TPSA) is 75.5 Å². The molecule has 6 nitrogen and oxygen atoms in total. The lowest BCUT2D eigenvalue weighted by Gasteiger charge is -2.15. The SMILES string of the molecule is CC1CCC(Nc2ccc(C(=O)N(C)C)cc2[N+](=O)[O-])C1. The van der Waals surface area contributed by atoms with Gasteiger partial charge in [-0.05, 0) is 37.3 Å². The lowest BCUT2D eigenvalue weighted by atomic mass is 10.1. The number of benzene rings is 1. The maximum atomic E-state index is 11.9. The molecule has 1 aliphatic carbocycles. The molecule has 0 radical (unpaired) electrons. The van der Waals surface area contributed by atoms with E-state index in [1.807, 2.05) is 0 Å². The van der Waals surface area contributed by atoms with Gasteiger partial charge in [-0.3, -0.25) is 14.9 Å². The predicted molar refractivity (Wildman–Crippen MR) is 81.5 cm³/mol. The summed E-state index contributed by atoms with van der Waals surface area (Å²) in [7, 11) is 3.25. The standard InChI is InChI=1S/C15H21N3O3/c1-10-4-6-12(8-10)16-13-7-5-11(15(19)17(2)3)9-14(13)18(20)21/h5,7,9-10,12,16H,4,6,8H2,1-3H3. The van der Waals surface area contributed by atoms with Gasteiger partial charge in [-0.25, -0.2) is 0 Å². The van der Waals surface area contributed by atoms with Crippen molar-refractivity contribution in [3.63, 3.8) is 0 Å². The van der Waals surface area contributed by atoms with Crippen molar-refractivity contribution in [3.05, 3.63) is 33.9 Å². The molecule has 1 amide bonds. The molecule has 2 unspecified atom stereocenters. The molecule has 0 spiro atoms. The fraction of sp³-hybridized carbons (Fsp3) is 0.533. The highest BCUT2D eigenvalue weighted by atomic mass is 16.6. The lowest BCUT2D eigenvalue weighted by molar-refractivity contribution is -0.384. The van der Waals surface area contributed by atoms with Crippen LogP contribution in [-0.2, 0) is 0 Å². The van der Waals surface area contributed by atoms with Gasteiger partial charge in [0.25, 0.3) is 11.6 Å². The zero-order valence-electron chi connectivity index (χ0n) is 12.6. The van der Waals surface area contributed by atoms with E-state index < -0.39 is 4.92 Å². The predicted octanol–water partition coefficient (Wildman–Crippen LogP) is 2.90. The van der Waals surface area contributed by atoms with Gasteiger partial charge in [-0.2, -0.15) is 0 Å². The molecule has 1 aliphatic rings. The molecule has 1 N–H and O–H groups in total. The molecule has 2 rings (SSSR count). The summed E-state index contributed by atoms with van der Waals surface area (Å²) in [6, 6.07) is 4.89. The van der Waals surface area contributed by atoms with Crippen molar-refractivity contribution in [2.24, 2.45) is 5.92 Å². The summed E-state index contributed by atoms with van der Waals surface area (Å²) in [5.74, 6) is 0.412. The van der Waals surface area contributed by atoms with Crippen molar-refractivity contribution < 1.29 is 9.72 Å². The first-order chi connectivity index (χ1) is 9.88. The Balaban J connectivity index is 2.25. The summed E-state index contributed by atoms with van der Waals surface area (Å²) in [5, 5.41) is 14.5. The number of carbonyl (C=O) groups excluding carboxylic acids is 1. The summed E-state index contributed by atoms with van der Waals surface area (Å²) >= 11 is 0.